The summed E-state index contributed by atoms with van der Waals surface area (Å²) < 4.78 is 11.0. The van der Waals surface area contributed by atoms with Crippen LogP contribution < -0.4 is 10.3 Å². The zero-order chi connectivity index (χ0) is 20.4. The number of benzene rings is 1. The average molecular weight is 397 g/mol. The van der Waals surface area contributed by atoms with Crippen molar-refractivity contribution in [2.75, 3.05) is 0 Å². The maximum atomic E-state index is 12.4. The molecule has 28 heavy (non-hydrogen) atoms. The van der Waals surface area contributed by atoms with Gasteiger partial charge in [0.1, 0.15) is 10.6 Å². The number of ether oxygens (including phenoxy) is 2. The Kier molecular flexibility index (Phi) is 5.47. The lowest BCUT2D eigenvalue weighted by Crippen LogP contribution is -2.28. The molecule has 3 aromatic rings. The van der Waals surface area contributed by atoms with E-state index in [4.69, 9.17) is 14.7 Å². The predicted octanol–water partition coefficient (Wildman–Crippen LogP) is 3.54. The zero-order valence-corrected chi connectivity index (χ0v) is 16.7. The molecule has 0 aliphatic heterocycles. The number of hydrogen-bond acceptors (Lipinski definition) is 7. The summed E-state index contributed by atoms with van der Waals surface area (Å²) in [7, 11) is 0. The molecule has 8 heteroatoms. The number of nitrogens with one attached hydrogen (secondary N) is 1. The molecule has 0 saturated carbocycles. The summed E-state index contributed by atoms with van der Waals surface area (Å²) >= 11 is 1.44. The molecule has 2 aromatic heterocycles. The minimum Gasteiger partial charge on any atom is -0.479 e. The number of nitriles is 1. The maximum absolute atomic E-state index is 12.4. The molecule has 0 amide bonds. The number of aryl methyl sites for hydroxylation is 2. The van der Waals surface area contributed by atoms with Crippen LogP contribution in [0.15, 0.2) is 29.1 Å². The van der Waals surface area contributed by atoms with Gasteiger partial charge in [0.05, 0.1) is 17.0 Å². The number of aromatic nitrogens is 2. The van der Waals surface area contributed by atoms with Crippen molar-refractivity contribution >= 4 is 27.5 Å². The molecule has 144 valence electrons. The van der Waals surface area contributed by atoms with Crippen molar-refractivity contribution in [1.29, 1.82) is 5.26 Å². The van der Waals surface area contributed by atoms with Gasteiger partial charge in [0.25, 0.3) is 5.56 Å². The van der Waals surface area contributed by atoms with Crippen molar-refractivity contribution in [3.8, 4) is 11.8 Å². The van der Waals surface area contributed by atoms with E-state index in [1.165, 1.54) is 11.3 Å². The van der Waals surface area contributed by atoms with Gasteiger partial charge in [-0.3, -0.25) is 4.79 Å². The van der Waals surface area contributed by atoms with Crippen LogP contribution in [0.25, 0.3) is 10.2 Å². The van der Waals surface area contributed by atoms with Crippen LogP contribution in [0.3, 0.4) is 0 Å². The van der Waals surface area contributed by atoms with Gasteiger partial charge in [-0.15, -0.1) is 11.3 Å². The third-order valence-corrected chi connectivity index (χ3v) is 5.46. The quantitative estimate of drug-likeness (QED) is 0.660. The standard InChI is InChI=1S/C20H19N3O4S/c1-10-13(4)28-19-16(10)18(24)22-17(23-19)11(2)27-20(25)12(3)26-15-7-5-14(9-21)6-8-15/h5-8,11-12H,1-4H3,(H,22,23,24)/t11-,12-/m0/s1. The van der Waals surface area contributed by atoms with E-state index >= 15 is 0 Å². The highest BCUT2D eigenvalue weighted by Gasteiger charge is 2.22. The van der Waals surface area contributed by atoms with E-state index < -0.39 is 18.2 Å². The predicted molar refractivity (Wildman–Crippen MR) is 105 cm³/mol. The minimum atomic E-state index is -0.864. The summed E-state index contributed by atoms with van der Waals surface area (Å²) in [5.41, 5.74) is 1.17. The Morgan fingerprint density at radius 3 is 2.57 bits per heavy atom. The van der Waals surface area contributed by atoms with Crippen LogP contribution in [0.1, 0.15) is 41.8 Å². The van der Waals surface area contributed by atoms with Crippen LogP contribution in [-0.4, -0.2) is 22.0 Å². The van der Waals surface area contributed by atoms with Crippen molar-refractivity contribution in [3.05, 3.63) is 56.4 Å². The van der Waals surface area contributed by atoms with E-state index in [0.29, 0.717) is 21.5 Å². The second kappa shape index (κ2) is 7.82. The Hall–Kier alpha value is -3.18. The van der Waals surface area contributed by atoms with Gasteiger partial charge in [0.15, 0.2) is 18.0 Å². The molecule has 3 rings (SSSR count). The number of carbonyl (C=O) groups excluding carboxylic acids is 1. The number of aromatic amines is 1. The Balaban J connectivity index is 1.72. The van der Waals surface area contributed by atoms with E-state index in [1.807, 2.05) is 19.9 Å². The lowest BCUT2D eigenvalue weighted by atomic mass is 10.2. The Morgan fingerprint density at radius 2 is 1.93 bits per heavy atom. The second-order valence-electron chi connectivity index (χ2n) is 6.39. The maximum Gasteiger partial charge on any atom is 0.347 e. The number of fused-ring (bicyclic) bond motifs is 1. The van der Waals surface area contributed by atoms with Gasteiger partial charge in [-0.25, -0.2) is 9.78 Å². The molecule has 0 spiro atoms. The van der Waals surface area contributed by atoms with Crippen molar-refractivity contribution in [2.45, 2.75) is 39.9 Å². The van der Waals surface area contributed by atoms with Gasteiger partial charge in [0.2, 0.25) is 0 Å². The SMILES string of the molecule is Cc1sc2nc([C@H](C)OC(=O)[C@H](C)Oc3ccc(C#N)cc3)[nH]c(=O)c2c1C. The molecule has 1 aromatic carbocycles. The normalized spacial score (nSPS) is 13.0. The first-order chi connectivity index (χ1) is 13.3. The van der Waals surface area contributed by atoms with Gasteiger partial charge < -0.3 is 14.5 Å². The van der Waals surface area contributed by atoms with Crippen LogP contribution in [0.4, 0.5) is 0 Å². The van der Waals surface area contributed by atoms with Crippen molar-refractivity contribution in [3.63, 3.8) is 0 Å². The zero-order valence-electron chi connectivity index (χ0n) is 15.9. The molecule has 1 N–H and O–H groups in total. The summed E-state index contributed by atoms with van der Waals surface area (Å²) in [6.45, 7) is 7.03. The largest absolute Gasteiger partial charge is 0.479 e. The molecular formula is C20H19N3O4S. The molecule has 0 unspecified atom stereocenters. The van der Waals surface area contributed by atoms with E-state index in [1.54, 1.807) is 38.1 Å². The number of carbonyl (C=O) groups is 1. The first-order valence-electron chi connectivity index (χ1n) is 8.67. The lowest BCUT2D eigenvalue weighted by Gasteiger charge is -2.17. The van der Waals surface area contributed by atoms with Crippen molar-refractivity contribution < 1.29 is 14.3 Å². The topological polar surface area (TPSA) is 105 Å². The first-order valence-corrected chi connectivity index (χ1v) is 9.49. The third-order valence-electron chi connectivity index (χ3n) is 4.36. The molecule has 2 heterocycles. The Bertz CT molecular complexity index is 1130. The number of rotatable bonds is 5. The van der Waals surface area contributed by atoms with Crippen LogP contribution in [0.2, 0.25) is 0 Å². The smallest absolute Gasteiger partial charge is 0.347 e. The number of thiophene rings is 1. The molecule has 2 atom stereocenters. The van der Waals surface area contributed by atoms with Gasteiger partial charge in [0, 0.05) is 4.88 Å². The molecule has 0 radical (unpaired) electrons. The van der Waals surface area contributed by atoms with Gasteiger partial charge in [-0.2, -0.15) is 5.26 Å². The van der Waals surface area contributed by atoms with E-state index in [-0.39, 0.29) is 11.4 Å². The lowest BCUT2D eigenvalue weighted by molar-refractivity contribution is -0.156. The van der Waals surface area contributed by atoms with E-state index in [0.717, 1.165) is 10.4 Å². The minimum absolute atomic E-state index is 0.244. The Morgan fingerprint density at radius 1 is 1.25 bits per heavy atom. The fraction of sp³-hybridized carbons (Fsp3) is 0.300. The molecule has 0 aliphatic rings. The first kappa shape index (κ1) is 19.6. The van der Waals surface area contributed by atoms with Crippen LogP contribution in [-0.2, 0) is 9.53 Å². The van der Waals surface area contributed by atoms with Crippen LogP contribution >= 0.6 is 11.3 Å². The number of esters is 1. The molecule has 0 aliphatic carbocycles. The summed E-state index contributed by atoms with van der Waals surface area (Å²) in [4.78, 5) is 33.5. The molecule has 0 bridgehead atoms. The van der Waals surface area contributed by atoms with Crippen molar-refractivity contribution in [1.82, 2.24) is 9.97 Å². The van der Waals surface area contributed by atoms with E-state index in [9.17, 15) is 9.59 Å². The van der Waals surface area contributed by atoms with Gasteiger partial charge in [-0.1, -0.05) is 0 Å². The third kappa shape index (κ3) is 3.89. The highest BCUT2D eigenvalue weighted by molar-refractivity contribution is 7.18. The summed E-state index contributed by atoms with van der Waals surface area (Å²) in [6, 6.07) is 8.44. The monoisotopic (exact) mass is 397 g/mol. The number of nitrogens with zero attached hydrogens (tertiary/aromatic N) is 2. The Labute approximate surface area is 165 Å². The molecule has 0 fully saturated rings. The van der Waals surface area contributed by atoms with Crippen LogP contribution in [0.5, 0.6) is 5.75 Å². The highest BCUT2D eigenvalue weighted by atomic mass is 32.1. The molecule has 0 saturated heterocycles. The van der Waals surface area contributed by atoms with Gasteiger partial charge >= 0.3 is 5.97 Å². The van der Waals surface area contributed by atoms with Crippen LogP contribution in [0, 0.1) is 25.2 Å². The number of hydrogen-bond donors (Lipinski definition) is 1. The fourth-order valence-electron chi connectivity index (χ4n) is 2.65. The van der Waals surface area contributed by atoms with Crippen molar-refractivity contribution in [2.24, 2.45) is 0 Å². The van der Waals surface area contributed by atoms with Gasteiger partial charge in [-0.05, 0) is 57.5 Å². The van der Waals surface area contributed by atoms with E-state index in [2.05, 4.69) is 9.97 Å². The average Bonchev–Trinajstić information content (AvgIpc) is 2.96. The highest BCUT2D eigenvalue weighted by Crippen LogP contribution is 2.27. The summed E-state index contributed by atoms with van der Waals surface area (Å²) in [5, 5.41) is 9.38. The molecular weight excluding hydrogens is 378 g/mol. The fourth-order valence-corrected chi connectivity index (χ4v) is 3.69. The molecule has 7 nitrogen and oxygen atoms in total. The summed E-state index contributed by atoms with van der Waals surface area (Å²) in [5.74, 6) is 0.157. The summed E-state index contributed by atoms with van der Waals surface area (Å²) in [6.07, 6.45) is -1.60. The second-order valence-corrected chi connectivity index (χ2v) is 7.59. The number of H-pyrrole nitrogens is 1.